The van der Waals surface area contributed by atoms with Crippen LogP contribution in [0.15, 0.2) is 28.7 Å². The lowest BCUT2D eigenvalue weighted by Gasteiger charge is -2.18. The van der Waals surface area contributed by atoms with Crippen LogP contribution < -0.4 is 10.2 Å². The minimum atomic E-state index is -2.19. The highest BCUT2D eigenvalue weighted by Crippen LogP contribution is 2.19. The molecule has 7 nitrogen and oxygen atoms in total. The Labute approximate surface area is 155 Å². The molecule has 0 aliphatic carbocycles. The fourth-order valence-electron chi connectivity index (χ4n) is 1.83. The van der Waals surface area contributed by atoms with Crippen molar-refractivity contribution in [2.24, 2.45) is 0 Å². The van der Waals surface area contributed by atoms with Crippen LogP contribution in [0.5, 0.6) is 0 Å². The molecule has 0 aliphatic rings. The Morgan fingerprint density at radius 3 is 1.96 bits per heavy atom. The summed E-state index contributed by atoms with van der Waals surface area (Å²) in [6.45, 7) is 9.31. The third-order valence-corrected chi connectivity index (χ3v) is 3.97. The summed E-state index contributed by atoms with van der Waals surface area (Å²) in [6.07, 6.45) is 0. The molecule has 0 bridgehead atoms. The minimum absolute atomic E-state index is 0.158. The van der Waals surface area contributed by atoms with Gasteiger partial charge in [0.25, 0.3) is 0 Å². The smallest absolute Gasteiger partial charge is 0.313 e. The van der Waals surface area contributed by atoms with Gasteiger partial charge < -0.3 is 29.4 Å². The van der Waals surface area contributed by atoms with Crippen LogP contribution >= 0.6 is 15.9 Å². The van der Waals surface area contributed by atoms with Crippen LogP contribution in [0.4, 0.5) is 0 Å². The molecule has 0 aromatic heterocycles. The van der Waals surface area contributed by atoms with E-state index in [1.54, 1.807) is 0 Å². The number of likely N-dealkylation sites (N-methyl/N-ethyl adjacent to an activating group) is 1. The van der Waals surface area contributed by atoms with E-state index in [4.69, 9.17) is 24.5 Å². The van der Waals surface area contributed by atoms with Crippen molar-refractivity contribution in [3.63, 3.8) is 0 Å². The Bertz CT molecular complexity index is 545. The number of nitrogens with zero attached hydrogens (tertiary/aromatic N) is 1. The quantitative estimate of drug-likeness (QED) is 0.452. The molecule has 1 aromatic rings. The molecule has 0 amide bonds. The first-order valence-electron chi connectivity index (χ1n) is 7.79. The van der Waals surface area contributed by atoms with Gasteiger partial charge >= 0.3 is 5.97 Å². The topological polar surface area (TPSA) is 110 Å². The van der Waals surface area contributed by atoms with E-state index in [0.717, 1.165) is 29.7 Å². The van der Waals surface area contributed by atoms with Crippen LogP contribution in [0.3, 0.4) is 0 Å². The first kappa shape index (κ1) is 23.1. The number of carboxylic acids is 2. The Hall–Kier alpha value is -1.93. The van der Waals surface area contributed by atoms with Crippen molar-refractivity contribution in [2.75, 3.05) is 26.2 Å². The van der Waals surface area contributed by atoms with Gasteiger partial charge in [-0.2, -0.15) is 0 Å². The molecule has 0 N–H and O–H groups in total. The fourth-order valence-corrected chi connectivity index (χ4v) is 2.09. The molecule has 0 heterocycles. The highest BCUT2D eigenvalue weighted by atomic mass is 79.9. The van der Waals surface area contributed by atoms with Gasteiger partial charge in [0.15, 0.2) is 0 Å². The van der Waals surface area contributed by atoms with Crippen molar-refractivity contribution < 1.29 is 29.3 Å². The molecule has 0 spiro atoms. The van der Waals surface area contributed by atoms with Gasteiger partial charge in [-0.25, -0.2) is 0 Å². The molecule has 0 aliphatic heterocycles. The van der Waals surface area contributed by atoms with Gasteiger partial charge in [0, 0.05) is 11.0 Å². The van der Waals surface area contributed by atoms with E-state index in [0.29, 0.717) is 6.61 Å². The van der Waals surface area contributed by atoms with E-state index in [9.17, 15) is 4.79 Å². The molecular weight excluding hydrogens is 394 g/mol. The average Bonchev–Trinajstić information content (AvgIpc) is 2.59. The van der Waals surface area contributed by atoms with E-state index in [-0.39, 0.29) is 11.9 Å². The van der Waals surface area contributed by atoms with Crippen LogP contribution in [0.1, 0.15) is 32.3 Å². The summed E-state index contributed by atoms with van der Waals surface area (Å²) >= 11 is 3.38. The molecule has 1 rings (SSSR count). The summed E-state index contributed by atoms with van der Waals surface area (Å²) in [5.74, 6) is -4.75. The average molecular weight is 416 g/mol. The maximum absolute atomic E-state index is 11.9. The third kappa shape index (κ3) is 9.83. The molecular formula is C17H22BrNO6-2. The number of ether oxygens (including phenoxy) is 1. The molecule has 0 radical (unpaired) electrons. The van der Waals surface area contributed by atoms with Gasteiger partial charge in [0.1, 0.15) is 6.61 Å². The van der Waals surface area contributed by atoms with Crippen LogP contribution in [-0.4, -0.2) is 49.0 Å². The van der Waals surface area contributed by atoms with Crippen molar-refractivity contribution >= 4 is 33.8 Å². The lowest BCUT2D eigenvalue weighted by molar-refractivity contribution is -0.345. The zero-order valence-electron chi connectivity index (χ0n) is 14.5. The van der Waals surface area contributed by atoms with Gasteiger partial charge in [-0.15, -0.1) is 0 Å². The molecule has 1 aromatic carbocycles. The summed E-state index contributed by atoms with van der Waals surface area (Å²) < 4.78 is 6.34. The second kappa shape index (κ2) is 12.4. The lowest BCUT2D eigenvalue weighted by Crippen LogP contribution is -2.42. The second-order valence-electron chi connectivity index (χ2n) is 5.04. The zero-order chi connectivity index (χ0) is 19.4. The van der Waals surface area contributed by atoms with E-state index in [1.807, 2.05) is 31.2 Å². The number of carbonyl (C=O) groups excluding carboxylic acids is 3. The molecule has 1 atom stereocenters. The van der Waals surface area contributed by atoms with Gasteiger partial charge in [-0.05, 0) is 37.7 Å². The molecule has 0 saturated heterocycles. The third-order valence-electron chi connectivity index (χ3n) is 3.44. The van der Waals surface area contributed by atoms with Crippen LogP contribution in [0.25, 0.3) is 0 Å². The number of benzene rings is 1. The van der Waals surface area contributed by atoms with Crippen LogP contribution in [0, 0.1) is 0 Å². The number of hydrogen-bond donors (Lipinski definition) is 0. The SMILES string of the molecule is CCN(CC)CCOC(=O)C(C)c1ccc(Br)cc1.O=C([O-])C(=O)[O-]. The Kier molecular flexibility index (Phi) is 11.5. The van der Waals surface area contributed by atoms with Crippen molar-refractivity contribution in [2.45, 2.75) is 26.7 Å². The predicted molar refractivity (Wildman–Crippen MR) is 91.3 cm³/mol. The van der Waals surface area contributed by atoms with Gasteiger partial charge in [0.2, 0.25) is 0 Å². The number of aliphatic carboxylic acids is 2. The monoisotopic (exact) mass is 415 g/mol. The minimum Gasteiger partial charge on any atom is -0.543 e. The van der Waals surface area contributed by atoms with Crippen molar-refractivity contribution in [3.8, 4) is 0 Å². The number of rotatable bonds is 7. The highest BCUT2D eigenvalue weighted by molar-refractivity contribution is 9.10. The molecule has 8 heteroatoms. The molecule has 0 fully saturated rings. The summed E-state index contributed by atoms with van der Waals surface area (Å²) in [5.41, 5.74) is 0.982. The van der Waals surface area contributed by atoms with Crippen LogP contribution in [0.2, 0.25) is 0 Å². The zero-order valence-corrected chi connectivity index (χ0v) is 16.1. The Balaban J connectivity index is 0.000000823. The van der Waals surface area contributed by atoms with E-state index in [2.05, 4.69) is 34.7 Å². The first-order valence-corrected chi connectivity index (χ1v) is 8.58. The summed E-state index contributed by atoms with van der Waals surface area (Å²) in [7, 11) is 0. The van der Waals surface area contributed by atoms with Crippen molar-refractivity contribution in [3.05, 3.63) is 34.3 Å². The number of halogens is 1. The number of esters is 1. The largest absolute Gasteiger partial charge is 0.543 e. The molecule has 0 saturated carbocycles. The van der Waals surface area contributed by atoms with Gasteiger partial charge in [0.05, 0.1) is 17.9 Å². The van der Waals surface area contributed by atoms with E-state index >= 15 is 0 Å². The predicted octanol–water partition coefficient (Wildman–Crippen LogP) is -0.0762. The van der Waals surface area contributed by atoms with Gasteiger partial charge in [-0.1, -0.05) is 41.9 Å². The second-order valence-corrected chi connectivity index (χ2v) is 5.96. The first-order chi connectivity index (χ1) is 11.7. The molecule has 1 unspecified atom stereocenters. The lowest BCUT2D eigenvalue weighted by atomic mass is 10.0. The Morgan fingerprint density at radius 1 is 1.08 bits per heavy atom. The summed E-state index contributed by atoms with van der Waals surface area (Å²) in [5, 5.41) is 17.9. The number of carbonyl (C=O) groups is 3. The molecule has 25 heavy (non-hydrogen) atoms. The summed E-state index contributed by atoms with van der Waals surface area (Å²) in [6, 6.07) is 7.77. The van der Waals surface area contributed by atoms with Crippen molar-refractivity contribution in [1.82, 2.24) is 4.90 Å². The standard InChI is InChI=1S/C15H22BrNO2.C2H2O4/c1-4-17(5-2)10-11-19-15(18)12(3)13-6-8-14(16)9-7-13;3-1(4)2(5)6/h6-9,12H,4-5,10-11H2,1-3H3;(H,3,4)(H,5,6)/p-2. The summed E-state index contributed by atoms with van der Waals surface area (Å²) in [4.78, 5) is 32.0. The van der Waals surface area contributed by atoms with Crippen molar-refractivity contribution in [1.29, 1.82) is 0 Å². The van der Waals surface area contributed by atoms with Crippen LogP contribution in [-0.2, 0) is 19.1 Å². The number of hydrogen-bond acceptors (Lipinski definition) is 7. The normalized spacial score (nSPS) is 11.2. The Morgan fingerprint density at radius 2 is 1.56 bits per heavy atom. The maximum atomic E-state index is 11.9. The van der Waals surface area contributed by atoms with E-state index < -0.39 is 11.9 Å². The fraction of sp³-hybridized carbons (Fsp3) is 0.471. The highest BCUT2D eigenvalue weighted by Gasteiger charge is 2.16. The number of carboxylic acid groups (broad SMARTS) is 2. The van der Waals surface area contributed by atoms with E-state index in [1.165, 1.54) is 0 Å². The maximum Gasteiger partial charge on any atom is 0.313 e. The molecule has 140 valence electrons. The van der Waals surface area contributed by atoms with Gasteiger partial charge in [-0.3, -0.25) is 4.79 Å².